The first-order chi connectivity index (χ1) is 12.2. The van der Waals surface area contributed by atoms with E-state index in [2.05, 4.69) is 84.5 Å². The van der Waals surface area contributed by atoms with Gasteiger partial charge in [-0.2, -0.15) is 4.98 Å². The highest BCUT2D eigenvalue weighted by atomic mass is 15.2. The molecule has 0 aliphatic heterocycles. The highest BCUT2D eigenvalue weighted by Gasteiger charge is 2.10. The second kappa shape index (κ2) is 7.79. The number of rotatable bonds is 6. The summed E-state index contributed by atoms with van der Waals surface area (Å²) in [6.07, 6.45) is 1.80. The van der Waals surface area contributed by atoms with E-state index in [9.17, 15) is 0 Å². The van der Waals surface area contributed by atoms with E-state index in [-0.39, 0.29) is 0 Å². The maximum Gasteiger partial charge on any atom is 0.224 e. The molecule has 0 amide bonds. The molecule has 128 valence electrons. The van der Waals surface area contributed by atoms with Crippen LogP contribution in [0.15, 0.2) is 60.8 Å². The van der Waals surface area contributed by atoms with Crippen LogP contribution in [0, 0.1) is 13.8 Å². The first-order valence-electron chi connectivity index (χ1n) is 8.62. The van der Waals surface area contributed by atoms with E-state index in [0.717, 1.165) is 18.1 Å². The Hall–Kier alpha value is -2.88. The van der Waals surface area contributed by atoms with Gasteiger partial charge in [-0.15, -0.1) is 0 Å². The van der Waals surface area contributed by atoms with E-state index in [1.807, 2.05) is 6.07 Å². The highest BCUT2D eigenvalue weighted by molar-refractivity contribution is 5.61. The number of nitrogens with one attached hydrogen (secondary N) is 1. The van der Waals surface area contributed by atoms with Crippen molar-refractivity contribution in [3.05, 3.63) is 77.5 Å². The fourth-order valence-corrected chi connectivity index (χ4v) is 2.86. The molecular weight excluding hydrogens is 308 g/mol. The van der Waals surface area contributed by atoms with Gasteiger partial charge in [-0.1, -0.05) is 42.0 Å². The minimum atomic E-state index is 0.644. The molecule has 0 bridgehead atoms. The van der Waals surface area contributed by atoms with Crippen molar-refractivity contribution in [2.45, 2.75) is 27.3 Å². The molecule has 0 fully saturated rings. The Kier molecular flexibility index (Phi) is 5.29. The second-order valence-corrected chi connectivity index (χ2v) is 6.16. The number of aromatic nitrogens is 2. The minimum absolute atomic E-state index is 0.644. The van der Waals surface area contributed by atoms with Gasteiger partial charge in [0.2, 0.25) is 5.95 Å². The molecule has 0 radical (unpaired) electrons. The SMILES string of the molecule is CCN(c1cccc(C)c1)c1ccnc(NCc2cccc(C)c2)n1. The van der Waals surface area contributed by atoms with E-state index in [0.29, 0.717) is 12.5 Å². The topological polar surface area (TPSA) is 41.1 Å². The summed E-state index contributed by atoms with van der Waals surface area (Å²) in [4.78, 5) is 11.2. The third kappa shape index (κ3) is 4.35. The van der Waals surface area contributed by atoms with Crippen molar-refractivity contribution < 1.29 is 0 Å². The zero-order valence-corrected chi connectivity index (χ0v) is 15.0. The van der Waals surface area contributed by atoms with Crippen LogP contribution >= 0.6 is 0 Å². The van der Waals surface area contributed by atoms with Crippen LogP contribution in [-0.2, 0) is 6.54 Å². The molecular formula is C21H24N4. The molecule has 3 rings (SSSR count). The summed E-state index contributed by atoms with van der Waals surface area (Å²) in [6, 6.07) is 18.9. The second-order valence-electron chi connectivity index (χ2n) is 6.16. The van der Waals surface area contributed by atoms with Crippen molar-refractivity contribution >= 4 is 17.5 Å². The Labute approximate surface area is 149 Å². The number of hydrogen-bond donors (Lipinski definition) is 1. The average Bonchev–Trinajstić information content (AvgIpc) is 2.61. The number of hydrogen-bond acceptors (Lipinski definition) is 4. The molecule has 0 saturated heterocycles. The van der Waals surface area contributed by atoms with Gasteiger partial charge in [-0.25, -0.2) is 4.98 Å². The quantitative estimate of drug-likeness (QED) is 0.699. The van der Waals surface area contributed by atoms with Crippen LogP contribution in [-0.4, -0.2) is 16.5 Å². The van der Waals surface area contributed by atoms with Crippen molar-refractivity contribution in [2.24, 2.45) is 0 Å². The lowest BCUT2D eigenvalue weighted by Gasteiger charge is -2.22. The molecule has 0 aliphatic rings. The van der Waals surface area contributed by atoms with Crippen molar-refractivity contribution in [1.82, 2.24) is 9.97 Å². The van der Waals surface area contributed by atoms with Crippen LogP contribution in [0.4, 0.5) is 17.5 Å². The number of aryl methyl sites for hydroxylation is 2. The Morgan fingerprint density at radius 1 is 0.960 bits per heavy atom. The zero-order valence-electron chi connectivity index (χ0n) is 15.0. The zero-order chi connectivity index (χ0) is 17.6. The van der Waals surface area contributed by atoms with Gasteiger partial charge in [0.05, 0.1) is 0 Å². The van der Waals surface area contributed by atoms with Gasteiger partial charge in [0.25, 0.3) is 0 Å². The largest absolute Gasteiger partial charge is 0.350 e. The van der Waals surface area contributed by atoms with Gasteiger partial charge < -0.3 is 10.2 Å². The highest BCUT2D eigenvalue weighted by Crippen LogP contribution is 2.24. The summed E-state index contributed by atoms with van der Waals surface area (Å²) in [5.41, 5.74) is 4.86. The predicted octanol–water partition coefficient (Wildman–Crippen LogP) is 4.86. The van der Waals surface area contributed by atoms with E-state index in [1.165, 1.54) is 16.7 Å². The van der Waals surface area contributed by atoms with Crippen LogP contribution < -0.4 is 10.2 Å². The third-order valence-corrected chi connectivity index (χ3v) is 4.08. The molecule has 25 heavy (non-hydrogen) atoms. The summed E-state index contributed by atoms with van der Waals surface area (Å²) < 4.78 is 0. The van der Waals surface area contributed by atoms with E-state index >= 15 is 0 Å². The van der Waals surface area contributed by atoms with Gasteiger partial charge >= 0.3 is 0 Å². The molecule has 1 aromatic heterocycles. The average molecular weight is 332 g/mol. The Morgan fingerprint density at radius 3 is 2.44 bits per heavy atom. The summed E-state index contributed by atoms with van der Waals surface area (Å²) in [5, 5.41) is 3.32. The van der Waals surface area contributed by atoms with Crippen molar-refractivity contribution in [1.29, 1.82) is 0 Å². The molecule has 0 aliphatic carbocycles. The third-order valence-electron chi connectivity index (χ3n) is 4.08. The number of benzene rings is 2. The monoisotopic (exact) mass is 332 g/mol. The summed E-state index contributed by atoms with van der Waals surface area (Å²) in [6.45, 7) is 7.89. The molecule has 4 heteroatoms. The molecule has 0 saturated carbocycles. The van der Waals surface area contributed by atoms with Crippen LogP contribution in [0.5, 0.6) is 0 Å². The molecule has 1 heterocycles. The number of anilines is 3. The summed E-state index contributed by atoms with van der Waals surface area (Å²) >= 11 is 0. The lowest BCUT2D eigenvalue weighted by molar-refractivity contribution is 0.965. The van der Waals surface area contributed by atoms with Gasteiger partial charge in [-0.3, -0.25) is 0 Å². The maximum absolute atomic E-state index is 4.69. The molecule has 0 unspecified atom stereocenters. The molecule has 2 aromatic carbocycles. The molecule has 4 nitrogen and oxygen atoms in total. The summed E-state index contributed by atoms with van der Waals surface area (Å²) in [7, 11) is 0. The van der Waals surface area contributed by atoms with E-state index in [4.69, 9.17) is 4.98 Å². The van der Waals surface area contributed by atoms with Crippen LogP contribution in [0.3, 0.4) is 0 Å². The Balaban J connectivity index is 1.78. The van der Waals surface area contributed by atoms with Crippen LogP contribution in [0.2, 0.25) is 0 Å². The van der Waals surface area contributed by atoms with Gasteiger partial charge in [-0.05, 0) is 50.1 Å². The fraction of sp³-hybridized carbons (Fsp3) is 0.238. The lowest BCUT2D eigenvalue weighted by Crippen LogP contribution is -2.18. The van der Waals surface area contributed by atoms with Gasteiger partial charge in [0.1, 0.15) is 5.82 Å². The van der Waals surface area contributed by atoms with Crippen LogP contribution in [0.25, 0.3) is 0 Å². The fourth-order valence-electron chi connectivity index (χ4n) is 2.86. The summed E-state index contributed by atoms with van der Waals surface area (Å²) in [5.74, 6) is 1.54. The normalized spacial score (nSPS) is 10.5. The molecule has 0 atom stereocenters. The van der Waals surface area contributed by atoms with Crippen molar-refractivity contribution in [3.8, 4) is 0 Å². The Morgan fingerprint density at radius 2 is 1.72 bits per heavy atom. The van der Waals surface area contributed by atoms with E-state index in [1.54, 1.807) is 6.20 Å². The predicted molar refractivity (Wildman–Crippen MR) is 104 cm³/mol. The first-order valence-corrected chi connectivity index (χ1v) is 8.62. The smallest absolute Gasteiger partial charge is 0.224 e. The molecule has 0 spiro atoms. The first kappa shape index (κ1) is 17.0. The standard InChI is InChI=1S/C21H24N4/c1-4-25(19-10-6-8-17(3)14-19)20-11-12-22-21(24-20)23-15-18-9-5-7-16(2)13-18/h5-14H,4,15H2,1-3H3,(H,22,23,24). The van der Waals surface area contributed by atoms with Gasteiger partial charge in [0.15, 0.2) is 0 Å². The Bertz CT molecular complexity index is 845. The lowest BCUT2D eigenvalue weighted by atomic mass is 10.1. The van der Waals surface area contributed by atoms with E-state index < -0.39 is 0 Å². The van der Waals surface area contributed by atoms with Gasteiger partial charge in [0, 0.05) is 25.0 Å². The minimum Gasteiger partial charge on any atom is -0.350 e. The van der Waals surface area contributed by atoms with Crippen molar-refractivity contribution in [2.75, 3.05) is 16.8 Å². The van der Waals surface area contributed by atoms with Crippen molar-refractivity contribution in [3.63, 3.8) is 0 Å². The van der Waals surface area contributed by atoms with Crippen LogP contribution in [0.1, 0.15) is 23.6 Å². The molecule has 1 N–H and O–H groups in total. The maximum atomic E-state index is 4.69. The molecule has 3 aromatic rings. The number of nitrogens with zero attached hydrogens (tertiary/aromatic N) is 3.